The molecule has 102 valence electrons. The summed E-state index contributed by atoms with van der Waals surface area (Å²) >= 11 is 5.72. The van der Waals surface area contributed by atoms with Gasteiger partial charge in [-0.05, 0) is 18.4 Å². The van der Waals surface area contributed by atoms with Gasteiger partial charge in [-0.3, -0.25) is 4.98 Å². The van der Waals surface area contributed by atoms with Crippen molar-refractivity contribution in [1.29, 1.82) is 0 Å². The second-order valence-corrected chi connectivity index (χ2v) is 6.46. The van der Waals surface area contributed by atoms with Crippen LogP contribution in [0.25, 0.3) is 0 Å². The van der Waals surface area contributed by atoms with Gasteiger partial charge in [0.2, 0.25) is 10.0 Å². The highest BCUT2D eigenvalue weighted by atomic mass is 35.5. The monoisotopic (exact) mass is 294 g/mol. The summed E-state index contributed by atoms with van der Waals surface area (Å²) in [5, 5.41) is 0. The van der Waals surface area contributed by atoms with Gasteiger partial charge in [0.05, 0.1) is 6.20 Å². The molecule has 1 rings (SSSR count). The third-order valence-electron chi connectivity index (χ3n) is 2.25. The van der Waals surface area contributed by atoms with Crippen molar-refractivity contribution in [3.05, 3.63) is 24.3 Å². The SMILES string of the molecule is CC(C)CC(CCl)NS(=O)(=O)c1cncc(F)c1. The van der Waals surface area contributed by atoms with Crippen LogP contribution in [0.2, 0.25) is 0 Å². The third-order valence-corrected chi connectivity index (χ3v) is 4.11. The molecule has 0 spiro atoms. The fraction of sp³-hybridized carbons (Fsp3) is 0.545. The van der Waals surface area contributed by atoms with E-state index in [1.54, 1.807) is 0 Å². The Balaban J connectivity index is 2.87. The van der Waals surface area contributed by atoms with Crippen molar-refractivity contribution in [3.63, 3.8) is 0 Å². The van der Waals surface area contributed by atoms with E-state index >= 15 is 0 Å². The Bertz CT molecular complexity index is 494. The summed E-state index contributed by atoms with van der Waals surface area (Å²) in [6.45, 7) is 3.94. The number of nitrogens with zero attached hydrogens (tertiary/aromatic N) is 1. The van der Waals surface area contributed by atoms with Gasteiger partial charge in [0.1, 0.15) is 10.7 Å². The lowest BCUT2D eigenvalue weighted by Crippen LogP contribution is -2.37. The summed E-state index contributed by atoms with van der Waals surface area (Å²) in [5.74, 6) is -0.216. The van der Waals surface area contributed by atoms with Crippen molar-refractivity contribution in [3.8, 4) is 0 Å². The Kier molecular flexibility index (Phi) is 5.49. The van der Waals surface area contributed by atoms with Crippen LogP contribution in [-0.4, -0.2) is 25.3 Å². The van der Waals surface area contributed by atoms with Gasteiger partial charge in [0.25, 0.3) is 0 Å². The molecular formula is C11H16ClFN2O2S. The molecule has 0 saturated carbocycles. The summed E-state index contributed by atoms with van der Waals surface area (Å²) in [5.41, 5.74) is 0. The predicted octanol–water partition coefficient (Wildman–Crippen LogP) is 2.15. The minimum Gasteiger partial charge on any atom is -0.260 e. The fourth-order valence-corrected chi connectivity index (χ4v) is 3.05. The molecule has 0 aromatic carbocycles. The molecule has 0 aliphatic heterocycles. The minimum absolute atomic E-state index is 0.167. The number of sulfonamides is 1. The molecule has 1 heterocycles. The number of nitrogens with one attached hydrogen (secondary N) is 1. The fourth-order valence-electron chi connectivity index (χ4n) is 1.54. The molecule has 1 unspecified atom stereocenters. The largest absolute Gasteiger partial charge is 0.260 e. The first-order valence-electron chi connectivity index (χ1n) is 5.54. The van der Waals surface area contributed by atoms with Crippen LogP contribution in [0, 0.1) is 11.7 Å². The molecule has 0 radical (unpaired) electrons. The summed E-state index contributed by atoms with van der Waals surface area (Å²) in [6.07, 6.45) is 2.67. The van der Waals surface area contributed by atoms with Crippen molar-refractivity contribution < 1.29 is 12.8 Å². The third kappa shape index (κ3) is 4.51. The van der Waals surface area contributed by atoms with Crippen molar-refractivity contribution in [2.75, 3.05) is 5.88 Å². The Morgan fingerprint density at radius 2 is 2.11 bits per heavy atom. The summed E-state index contributed by atoms with van der Waals surface area (Å²) in [4.78, 5) is 3.32. The van der Waals surface area contributed by atoms with E-state index in [4.69, 9.17) is 11.6 Å². The van der Waals surface area contributed by atoms with Crippen LogP contribution < -0.4 is 4.72 Å². The summed E-state index contributed by atoms with van der Waals surface area (Å²) < 4.78 is 39.3. The van der Waals surface area contributed by atoms with Crippen LogP contribution >= 0.6 is 11.6 Å². The number of rotatable bonds is 6. The molecule has 0 fully saturated rings. The number of pyridine rings is 1. The average molecular weight is 295 g/mol. The second kappa shape index (κ2) is 6.45. The second-order valence-electron chi connectivity index (χ2n) is 4.44. The van der Waals surface area contributed by atoms with Crippen molar-refractivity contribution in [2.45, 2.75) is 31.2 Å². The van der Waals surface area contributed by atoms with Crippen molar-refractivity contribution >= 4 is 21.6 Å². The van der Waals surface area contributed by atoms with Gasteiger partial charge in [-0.2, -0.15) is 0 Å². The van der Waals surface area contributed by atoms with Crippen LogP contribution in [0.1, 0.15) is 20.3 Å². The van der Waals surface area contributed by atoms with Crippen molar-refractivity contribution in [1.82, 2.24) is 9.71 Å². The van der Waals surface area contributed by atoms with Gasteiger partial charge >= 0.3 is 0 Å². The molecular weight excluding hydrogens is 279 g/mol. The van der Waals surface area contributed by atoms with Crippen LogP contribution in [-0.2, 0) is 10.0 Å². The van der Waals surface area contributed by atoms with Crippen LogP contribution in [0.4, 0.5) is 4.39 Å². The van der Waals surface area contributed by atoms with E-state index in [2.05, 4.69) is 9.71 Å². The number of halogens is 2. The molecule has 18 heavy (non-hydrogen) atoms. The van der Waals surface area contributed by atoms with E-state index in [0.29, 0.717) is 12.3 Å². The Labute approximate surface area is 112 Å². The molecule has 0 amide bonds. The van der Waals surface area contributed by atoms with Gasteiger partial charge in [-0.25, -0.2) is 17.5 Å². The number of hydrogen-bond donors (Lipinski definition) is 1. The van der Waals surface area contributed by atoms with E-state index in [1.165, 1.54) is 0 Å². The first kappa shape index (κ1) is 15.3. The Hall–Kier alpha value is -0.720. The molecule has 1 aromatic heterocycles. The highest BCUT2D eigenvalue weighted by Gasteiger charge is 2.21. The molecule has 0 bridgehead atoms. The first-order valence-corrected chi connectivity index (χ1v) is 7.55. The first-order chi connectivity index (χ1) is 8.35. The van der Waals surface area contributed by atoms with Crippen LogP contribution in [0.15, 0.2) is 23.4 Å². The predicted molar refractivity (Wildman–Crippen MR) is 68.5 cm³/mol. The lowest BCUT2D eigenvalue weighted by atomic mass is 10.1. The smallest absolute Gasteiger partial charge is 0.242 e. The van der Waals surface area contributed by atoms with Gasteiger partial charge in [0, 0.05) is 18.1 Å². The van der Waals surface area contributed by atoms with E-state index < -0.39 is 15.8 Å². The lowest BCUT2D eigenvalue weighted by molar-refractivity contribution is 0.485. The van der Waals surface area contributed by atoms with Crippen LogP contribution in [0.3, 0.4) is 0 Å². The van der Waals surface area contributed by atoms with E-state index in [0.717, 1.165) is 18.5 Å². The van der Waals surface area contributed by atoms with Crippen molar-refractivity contribution in [2.24, 2.45) is 5.92 Å². The normalized spacial score (nSPS) is 13.8. The maximum Gasteiger partial charge on any atom is 0.242 e. The number of hydrogen-bond acceptors (Lipinski definition) is 3. The topological polar surface area (TPSA) is 59.1 Å². The molecule has 0 aliphatic carbocycles. The minimum atomic E-state index is -3.78. The summed E-state index contributed by atoms with van der Waals surface area (Å²) in [6, 6.07) is 0.552. The zero-order valence-corrected chi connectivity index (χ0v) is 11.8. The molecule has 0 aliphatic rings. The van der Waals surface area contributed by atoms with Gasteiger partial charge in [-0.15, -0.1) is 11.6 Å². The molecule has 0 saturated heterocycles. The zero-order chi connectivity index (χ0) is 13.8. The van der Waals surface area contributed by atoms with E-state index in [9.17, 15) is 12.8 Å². The molecule has 1 aromatic rings. The highest BCUT2D eigenvalue weighted by molar-refractivity contribution is 7.89. The molecule has 1 N–H and O–H groups in total. The van der Waals surface area contributed by atoms with Gasteiger partial charge in [0.15, 0.2) is 0 Å². The number of alkyl halides is 1. The van der Waals surface area contributed by atoms with Gasteiger partial charge < -0.3 is 0 Å². The Morgan fingerprint density at radius 1 is 1.44 bits per heavy atom. The van der Waals surface area contributed by atoms with Gasteiger partial charge in [-0.1, -0.05) is 13.8 Å². The quantitative estimate of drug-likeness (QED) is 0.818. The zero-order valence-electron chi connectivity index (χ0n) is 10.2. The Morgan fingerprint density at radius 3 is 2.61 bits per heavy atom. The van der Waals surface area contributed by atoms with Crippen LogP contribution in [0.5, 0.6) is 0 Å². The maximum absolute atomic E-state index is 12.9. The van der Waals surface area contributed by atoms with E-state index in [1.807, 2.05) is 13.8 Å². The average Bonchev–Trinajstić information content (AvgIpc) is 2.27. The lowest BCUT2D eigenvalue weighted by Gasteiger charge is -2.17. The highest BCUT2D eigenvalue weighted by Crippen LogP contribution is 2.13. The standard InChI is InChI=1S/C11H16ClFN2O2S/c1-8(2)3-10(5-12)15-18(16,17)11-4-9(13)6-14-7-11/h4,6-8,10,15H,3,5H2,1-2H3. The summed E-state index contributed by atoms with van der Waals surface area (Å²) in [7, 11) is -3.78. The maximum atomic E-state index is 12.9. The molecule has 7 heteroatoms. The molecule has 1 atom stereocenters. The molecule has 4 nitrogen and oxygen atoms in total. The van der Waals surface area contributed by atoms with E-state index in [-0.39, 0.29) is 16.8 Å². The number of aromatic nitrogens is 1.